The smallest absolute Gasteiger partial charge is 0.230 e. The molecule has 0 bridgehead atoms. The molecule has 1 aliphatic carbocycles. The third-order valence-corrected chi connectivity index (χ3v) is 5.35. The molecule has 1 aliphatic rings. The van der Waals surface area contributed by atoms with E-state index in [4.69, 9.17) is 9.47 Å². The molecule has 1 amide bonds. The Morgan fingerprint density at radius 3 is 2.73 bits per heavy atom. The first-order chi connectivity index (χ1) is 12.6. The largest absolute Gasteiger partial charge is 0.493 e. The van der Waals surface area contributed by atoms with Crippen LogP contribution < -0.4 is 14.8 Å². The number of amides is 1. The summed E-state index contributed by atoms with van der Waals surface area (Å²) >= 11 is 1.42. The average molecular weight is 376 g/mol. The number of carbonyl (C=O) groups excluding carboxylic acids is 1. The predicted molar refractivity (Wildman–Crippen MR) is 100.0 cm³/mol. The Morgan fingerprint density at radius 2 is 2.04 bits per heavy atom. The maximum atomic E-state index is 12.1. The minimum atomic E-state index is -0.00792. The summed E-state index contributed by atoms with van der Waals surface area (Å²) in [5, 5.41) is 12.1. The fourth-order valence-electron chi connectivity index (χ4n) is 2.71. The molecule has 1 aromatic carbocycles. The number of rotatable bonds is 9. The van der Waals surface area contributed by atoms with Crippen LogP contribution in [0, 0.1) is 0 Å². The van der Waals surface area contributed by atoms with Crippen molar-refractivity contribution in [3.63, 3.8) is 0 Å². The van der Waals surface area contributed by atoms with Crippen LogP contribution in [0.4, 0.5) is 0 Å². The molecule has 3 rings (SSSR count). The van der Waals surface area contributed by atoms with Crippen molar-refractivity contribution in [3.05, 3.63) is 29.6 Å². The SMILES string of the molecule is COc1ccc(CCNC(=O)CSc2nnc(C3CC3)n2C)cc1OC. The van der Waals surface area contributed by atoms with Gasteiger partial charge < -0.3 is 19.4 Å². The van der Waals surface area contributed by atoms with Crippen molar-refractivity contribution < 1.29 is 14.3 Å². The highest BCUT2D eigenvalue weighted by molar-refractivity contribution is 7.99. The van der Waals surface area contributed by atoms with Crippen molar-refractivity contribution >= 4 is 17.7 Å². The van der Waals surface area contributed by atoms with Crippen LogP contribution >= 0.6 is 11.8 Å². The van der Waals surface area contributed by atoms with E-state index in [9.17, 15) is 4.79 Å². The second-order valence-corrected chi connectivity index (χ2v) is 7.19. The summed E-state index contributed by atoms with van der Waals surface area (Å²) in [6.07, 6.45) is 3.10. The molecule has 26 heavy (non-hydrogen) atoms. The van der Waals surface area contributed by atoms with Crippen molar-refractivity contribution in [2.24, 2.45) is 7.05 Å². The molecule has 1 aromatic heterocycles. The van der Waals surface area contributed by atoms with Gasteiger partial charge in [0.2, 0.25) is 5.91 Å². The van der Waals surface area contributed by atoms with Crippen molar-refractivity contribution in [2.45, 2.75) is 30.3 Å². The Labute approximate surface area is 157 Å². The fraction of sp³-hybridized carbons (Fsp3) is 0.500. The van der Waals surface area contributed by atoms with Gasteiger partial charge in [-0.05, 0) is 37.0 Å². The zero-order chi connectivity index (χ0) is 18.5. The number of aromatic nitrogens is 3. The molecule has 0 atom stereocenters. The summed E-state index contributed by atoms with van der Waals surface area (Å²) in [4.78, 5) is 12.1. The summed E-state index contributed by atoms with van der Waals surface area (Å²) in [5.74, 6) is 3.30. The Balaban J connectivity index is 1.43. The summed E-state index contributed by atoms with van der Waals surface area (Å²) in [5.41, 5.74) is 1.08. The minimum absolute atomic E-state index is 0.00792. The van der Waals surface area contributed by atoms with Crippen molar-refractivity contribution in [1.29, 1.82) is 0 Å². The first-order valence-corrected chi connectivity index (χ1v) is 9.60. The second-order valence-electron chi connectivity index (χ2n) is 6.25. The van der Waals surface area contributed by atoms with Crippen LogP contribution in [0.15, 0.2) is 23.4 Å². The topological polar surface area (TPSA) is 78.3 Å². The number of benzene rings is 1. The lowest BCUT2D eigenvalue weighted by Gasteiger charge is -2.10. The zero-order valence-electron chi connectivity index (χ0n) is 15.3. The average Bonchev–Trinajstić information content (AvgIpc) is 3.43. The number of hydrogen-bond donors (Lipinski definition) is 1. The molecule has 1 fully saturated rings. The lowest BCUT2D eigenvalue weighted by atomic mass is 10.1. The quantitative estimate of drug-likeness (QED) is 0.676. The van der Waals surface area contributed by atoms with Gasteiger partial charge in [0.15, 0.2) is 16.7 Å². The molecule has 1 heterocycles. The van der Waals surface area contributed by atoms with Crippen LogP contribution in [0.1, 0.15) is 30.1 Å². The summed E-state index contributed by atoms with van der Waals surface area (Å²) in [7, 11) is 5.19. The van der Waals surface area contributed by atoms with Crippen LogP contribution in [0.3, 0.4) is 0 Å². The molecule has 7 nitrogen and oxygen atoms in total. The van der Waals surface area contributed by atoms with Gasteiger partial charge in [0, 0.05) is 19.5 Å². The Morgan fingerprint density at radius 1 is 1.27 bits per heavy atom. The van der Waals surface area contributed by atoms with Gasteiger partial charge in [0.1, 0.15) is 5.82 Å². The van der Waals surface area contributed by atoms with Crippen LogP contribution in [-0.2, 0) is 18.3 Å². The van der Waals surface area contributed by atoms with Crippen molar-refractivity contribution in [1.82, 2.24) is 20.1 Å². The number of nitrogens with one attached hydrogen (secondary N) is 1. The molecule has 0 spiro atoms. The van der Waals surface area contributed by atoms with E-state index >= 15 is 0 Å². The monoisotopic (exact) mass is 376 g/mol. The molecule has 8 heteroatoms. The van der Waals surface area contributed by atoms with E-state index in [1.165, 1.54) is 24.6 Å². The van der Waals surface area contributed by atoms with Gasteiger partial charge in [-0.15, -0.1) is 10.2 Å². The Bertz CT molecular complexity index is 774. The summed E-state index contributed by atoms with van der Waals surface area (Å²) < 4.78 is 12.5. The van der Waals surface area contributed by atoms with Gasteiger partial charge in [-0.3, -0.25) is 4.79 Å². The molecule has 0 saturated heterocycles. The molecule has 1 N–H and O–H groups in total. The highest BCUT2D eigenvalue weighted by Gasteiger charge is 2.29. The minimum Gasteiger partial charge on any atom is -0.493 e. The first-order valence-electron chi connectivity index (χ1n) is 8.62. The van der Waals surface area contributed by atoms with Gasteiger partial charge in [0.05, 0.1) is 20.0 Å². The molecule has 0 aliphatic heterocycles. The standard InChI is InChI=1S/C18H24N4O3S/c1-22-17(13-5-6-13)20-21-18(22)26-11-16(23)19-9-8-12-4-7-14(24-2)15(10-12)25-3/h4,7,10,13H,5-6,8-9,11H2,1-3H3,(H,19,23). The Kier molecular flexibility index (Phi) is 6.03. The van der Waals surface area contributed by atoms with Crippen LogP contribution in [0.5, 0.6) is 11.5 Å². The highest BCUT2D eigenvalue weighted by Crippen LogP contribution is 2.39. The summed E-state index contributed by atoms with van der Waals surface area (Å²) in [6, 6.07) is 5.78. The number of ether oxygens (including phenoxy) is 2. The van der Waals surface area contributed by atoms with Crippen molar-refractivity contribution in [2.75, 3.05) is 26.5 Å². The van der Waals surface area contributed by atoms with Crippen LogP contribution in [0.2, 0.25) is 0 Å². The predicted octanol–water partition coefficient (Wildman–Crippen LogP) is 2.16. The van der Waals surface area contributed by atoms with E-state index in [-0.39, 0.29) is 5.91 Å². The van der Waals surface area contributed by atoms with Gasteiger partial charge in [-0.25, -0.2) is 0 Å². The van der Waals surface area contributed by atoms with E-state index in [1.54, 1.807) is 14.2 Å². The van der Waals surface area contributed by atoms with Crippen LogP contribution in [-0.4, -0.2) is 47.2 Å². The molecule has 0 radical (unpaired) electrons. The van der Waals surface area contributed by atoms with Gasteiger partial charge in [0.25, 0.3) is 0 Å². The third kappa shape index (κ3) is 4.49. The number of methoxy groups -OCH3 is 2. The number of hydrogen-bond acceptors (Lipinski definition) is 6. The van der Waals surface area contributed by atoms with E-state index in [2.05, 4.69) is 15.5 Å². The highest BCUT2D eigenvalue weighted by atomic mass is 32.2. The third-order valence-electron chi connectivity index (χ3n) is 4.33. The molecular formula is C18H24N4O3S. The molecule has 140 valence electrons. The molecule has 2 aromatic rings. The summed E-state index contributed by atoms with van der Waals surface area (Å²) in [6.45, 7) is 0.570. The van der Waals surface area contributed by atoms with Gasteiger partial charge >= 0.3 is 0 Å². The lowest BCUT2D eigenvalue weighted by Crippen LogP contribution is -2.27. The number of thioether (sulfide) groups is 1. The first kappa shape index (κ1) is 18.6. The van der Waals surface area contributed by atoms with E-state index in [1.807, 2.05) is 29.8 Å². The van der Waals surface area contributed by atoms with E-state index < -0.39 is 0 Å². The number of carbonyl (C=O) groups is 1. The fourth-order valence-corrected chi connectivity index (χ4v) is 3.46. The van der Waals surface area contributed by atoms with Crippen LogP contribution in [0.25, 0.3) is 0 Å². The second kappa shape index (κ2) is 8.44. The Hall–Kier alpha value is -2.22. The van der Waals surface area contributed by atoms with Gasteiger partial charge in [-0.1, -0.05) is 17.8 Å². The lowest BCUT2D eigenvalue weighted by molar-refractivity contribution is -0.118. The van der Waals surface area contributed by atoms with Gasteiger partial charge in [-0.2, -0.15) is 0 Å². The zero-order valence-corrected chi connectivity index (χ0v) is 16.1. The van der Waals surface area contributed by atoms with E-state index in [0.717, 1.165) is 23.0 Å². The molecular weight excluding hydrogens is 352 g/mol. The number of nitrogens with zero attached hydrogens (tertiary/aromatic N) is 3. The van der Waals surface area contributed by atoms with Crippen molar-refractivity contribution in [3.8, 4) is 11.5 Å². The normalized spacial score (nSPS) is 13.5. The molecule has 1 saturated carbocycles. The maximum absolute atomic E-state index is 12.1. The maximum Gasteiger partial charge on any atom is 0.230 e. The van der Waals surface area contributed by atoms with E-state index in [0.29, 0.717) is 29.7 Å². The molecule has 0 unspecified atom stereocenters.